The summed E-state index contributed by atoms with van der Waals surface area (Å²) in [5, 5.41) is 0. The molecule has 0 spiro atoms. The summed E-state index contributed by atoms with van der Waals surface area (Å²) in [4.78, 5) is 22.9. The number of nitrogens with two attached hydrogens (primary N) is 1. The molecule has 0 fully saturated rings. The molecule has 0 radical (unpaired) electrons. The summed E-state index contributed by atoms with van der Waals surface area (Å²) in [6, 6.07) is 13.3. The van der Waals surface area contributed by atoms with Crippen LogP contribution in [0.3, 0.4) is 0 Å². The molecule has 0 saturated carbocycles. The van der Waals surface area contributed by atoms with E-state index in [9.17, 15) is 4.79 Å². The van der Waals surface area contributed by atoms with E-state index in [1.54, 1.807) is 42.9 Å². The molecule has 134 valence electrons. The molecule has 1 aromatic heterocycles. The smallest absolute Gasteiger partial charge is 0.244 e. The van der Waals surface area contributed by atoms with Crippen molar-refractivity contribution < 1.29 is 4.79 Å². The molecular formula is C22H20N4O. The SMILES string of the molecule is C=CC/C(=C\C=Nc1ccc[nH]c(C#Cc2ccccc2)cnc1)C(N)=O. The maximum atomic E-state index is 11.3. The van der Waals surface area contributed by atoms with E-state index < -0.39 is 5.91 Å². The molecule has 0 aliphatic carbocycles. The maximum absolute atomic E-state index is 11.3. The Bertz CT molecular complexity index is 958. The van der Waals surface area contributed by atoms with Gasteiger partial charge in [-0.1, -0.05) is 30.2 Å². The van der Waals surface area contributed by atoms with Gasteiger partial charge in [-0.05, 0) is 42.7 Å². The predicted octanol–water partition coefficient (Wildman–Crippen LogP) is 3.62. The van der Waals surface area contributed by atoms with Gasteiger partial charge < -0.3 is 10.7 Å². The first-order chi connectivity index (χ1) is 13.2. The monoisotopic (exact) mass is 356 g/mol. The molecule has 0 aliphatic rings. The summed E-state index contributed by atoms with van der Waals surface area (Å²) in [7, 11) is 0. The lowest BCUT2D eigenvalue weighted by Gasteiger charge is -1.95. The second-order valence-corrected chi connectivity index (χ2v) is 5.36. The Morgan fingerprint density at radius 1 is 1.19 bits per heavy atom. The highest BCUT2D eigenvalue weighted by Crippen LogP contribution is 2.06. The van der Waals surface area contributed by atoms with Crippen LogP contribution < -0.4 is 5.73 Å². The van der Waals surface area contributed by atoms with Crippen molar-refractivity contribution in [2.24, 2.45) is 10.7 Å². The van der Waals surface area contributed by atoms with Gasteiger partial charge in [0.2, 0.25) is 5.91 Å². The fraction of sp³-hybridized carbons (Fsp3) is 0.0455. The molecule has 2 rings (SSSR count). The van der Waals surface area contributed by atoms with Crippen molar-refractivity contribution in [1.82, 2.24) is 9.97 Å². The van der Waals surface area contributed by atoms with Gasteiger partial charge in [-0.25, -0.2) is 0 Å². The second-order valence-electron chi connectivity index (χ2n) is 5.36. The minimum absolute atomic E-state index is 0.393. The topological polar surface area (TPSA) is 84.1 Å². The summed E-state index contributed by atoms with van der Waals surface area (Å²) in [5.41, 5.74) is 7.93. The number of hydrogen-bond acceptors (Lipinski definition) is 3. The molecule has 0 unspecified atom stereocenters. The lowest BCUT2D eigenvalue weighted by Crippen LogP contribution is -2.13. The molecular weight excluding hydrogens is 336 g/mol. The number of aromatic nitrogens is 2. The highest BCUT2D eigenvalue weighted by atomic mass is 16.1. The van der Waals surface area contributed by atoms with Crippen LogP contribution in [0.1, 0.15) is 17.7 Å². The molecule has 1 amide bonds. The number of aliphatic imine (C=N–C) groups is 1. The normalized spacial score (nSPS) is 10.6. The number of hydrogen-bond donors (Lipinski definition) is 2. The lowest BCUT2D eigenvalue weighted by molar-refractivity contribution is -0.114. The fourth-order valence-electron chi connectivity index (χ4n) is 1.98. The second kappa shape index (κ2) is 10.9. The standard InChI is InChI=1S/C22H20N4O/c1-2-7-19(22(23)27)13-15-26-20-10-6-14-25-21(17-24-16-20)12-11-18-8-4-3-5-9-18/h2-6,8-10,13-17,25H,1,7H2,(H2,23,27)/b14-6?,19-13+,20-10?,21-17?,24-16?,26-15?. The van der Waals surface area contributed by atoms with Crippen LogP contribution in [0.5, 0.6) is 0 Å². The minimum atomic E-state index is -0.493. The Balaban J connectivity index is 2.21. The van der Waals surface area contributed by atoms with Crippen molar-refractivity contribution in [1.29, 1.82) is 0 Å². The third-order valence-electron chi connectivity index (χ3n) is 3.31. The van der Waals surface area contributed by atoms with Gasteiger partial charge in [-0.15, -0.1) is 6.58 Å². The first-order valence-corrected chi connectivity index (χ1v) is 8.27. The van der Waals surface area contributed by atoms with Gasteiger partial charge in [0.05, 0.1) is 18.1 Å². The molecule has 1 aromatic carbocycles. The van der Waals surface area contributed by atoms with Crippen LogP contribution >= 0.6 is 0 Å². The number of aromatic amines is 1. The Kier molecular flexibility index (Phi) is 7.80. The van der Waals surface area contributed by atoms with E-state index in [0.717, 1.165) is 5.56 Å². The van der Waals surface area contributed by atoms with Crippen molar-refractivity contribution in [2.75, 3.05) is 0 Å². The number of rotatable bonds is 5. The molecule has 27 heavy (non-hydrogen) atoms. The van der Waals surface area contributed by atoms with E-state index >= 15 is 0 Å². The Hall–Kier alpha value is -3.91. The van der Waals surface area contributed by atoms with Crippen molar-refractivity contribution >= 4 is 17.8 Å². The van der Waals surface area contributed by atoms with E-state index in [-0.39, 0.29) is 0 Å². The predicted molar refractivity (Wildman–Crippen MR) is 109 cm³/mol. The number of carbonyl (C=O) groups excluding carboxylic acids is 1. The number of primary amides is 1. The van der Waals surface area contributed by atoms with Crippen LogP contribution in [0, 0.1) is 11.8 Å². The Morgan fingerprint density at radius 2 is 2.00 bits per heavy atom. The average Bonchev–Trinajstić information content (AvgIpc) is 2.78. The van der Waals surface area contributed by atoms with E-state index in [1.165, 1.54) is 6.21 Å². The van der Waals surface area contributed by atoms with Gasteiger partial charge in [-0.2, -0.15) is 0 Å². The van der Waals surface area contributed by atoms with E-state index in [4.69, 9.17) is 5.73 Å². The van der Waals surface area contributed by atoms with Crippen molar-refractivity contribution in [2.45, 2.75) is 6.42 Å². The van der Waals surface area contributed by atoms with Crippen LogP contribution in [-0.2, 0) is 4.79 Å². The number of allylic oxidation sites excluding steroid dienone is 2. The minimum Gasteiger partial charge on any atom is -0.366 e. The van der Waals surface area contributed by atoms with Gasteiger partial charge in [0.25, 0.3) is 0 Å². The number of benzene rings is 1. The summed E-state index contributed by atoms with van der Waals surface area (Å²) in [6.07, 6.45) is 10.1. The highest BCUT2D eigenvalue weighted by Gasteiger charge is 1.99. The van der Waals surface area contributed by atoms with Gasteiger partial charge in [0.1, 0.15) is 5.69 Å². The zero-order chi connectivity index (χ0) is 19.3. The van der Waals surface area contributed by atoms with Crippen molar-refractivity contribution in [3.8, 4) is 11.8 Å². The van der Waals surface area contributed by atoms with Crippen LogP contribution in [0.4, 0.5) is 5.69 Å². The average molecular weight is 356 g/mol. The van der Waals surface area contributed by atoms with Crippen LogP contribution in [0.15, 0.2) is 90.4 Å². The van der Waals surface area contributed by atoms with E-state index in [2.05, 4.69) is 33.4 Å². The summed E-state index contributed by atoms with van der Waals surface area (Å²) in [6.45, 7) is 3.60. The van der Waals surface area contributed by atoms with Crippen LogP contribution in [-0.4, -0.2) is 22.1 Å². The summed E-state index contributed by atoms with van der Waals surface area (Å²) >= 11 is 0. The molecule has 0 saturated heterocycles. The molecule has 1 heterocycles. The van der Waals surface area contributed by atoms with Gasteiger partial charge in [0.15, 0.2) is 0 Å². The molecule has 0 aliphatic heterocycles. The molecule has 5 heteroatoms. The fourth-order valence-corrected chi connectivity index (χ4v) is 1.98. The van der Waals surface area contributed by atoms with Crippen molar-refractivity contribution in [3.05, 3.63) is 96.6 Å². The molecule has 0 bridgehead atoms. The lowest BCUT2D eigenvalue weighted by atomic mass is 10.1. The summed E-state index contributed by atoms with van der Waals surface area (Å²) < 4.78 is 0. The first kappa shape index (κ1) is 19.4. The third-order valence-corrected chi connectivity index (χ3v) is 3.31. The zero-order valence-electron chi connectivity index (χ0n) is 14.8. The number of nitrogens with zero attached hydrogens (tertiary/aromatic N) is 2. The third kappa shape index (κ3) is 7.24. The van der Waals surface area contributed by atoms with Gasteiger partial charge >= 0.3 is 0 Å². The maximum Gasteiger partial charge on any atom is 0.244 e. The van der Waals surface area contributed by atoms with Crippen LogP contribution in [0.25, 0.3) is 0 Å². The molecule has 3 N–H and O–H groups in total. The Morgan fingerprint density at radius 3 is 2.74 bits per heavy atom. The Labute approximate surface area is 158 Å². The van der Waals surface area contributed by atoms with Crippen LogP contribution in [0.2, 0.25) is 0 Å². The molecule has 0 atom stereocenters. The van der Waals surface area contributed by atoms with Crippen molar-refractivity contribution in [3.63, 3.8) is 0 Å². The summed E-state index contributed by atoms with van der Waals surface area (Å²) in [5.74, 6) is 5.61. The van der Waals surface area contributed by atoms with Gasteiger partial charge in [-0.3, -0.25) is 14.8 Å². The molecule has 5 nitrogen and oxygen atoms in total. The van der Waals surface area contributed by atoms with E-state index in [0.29, 0.717) is 23.4 Å². The first-order valence-electron chi connectivity index (χ1n) is 8.27. The molecule has 2 aromatic rings. The quantitative estimate of drug-likeness (QED) is 0.371. The number of H-pyrrole nitrogens is 1. The number of nitrogens with one attached hydrogen (secondary N) is 1. The van der Waals surface area contributed by atoms with E-state index in [1.807, 2.05) is 30.3 Å². The zero-order valence-corrected chi connectivity index (χ0v) is 14.8. The largest absolute Gasteiger partial charge is 0.366 e. The number of amides is 1. The highest BCUT2D eigenvalue weighted by molar-refractivity contribution is 5.96. The van der Waals surface area contributed by atoms with Gasteiger partial charge in [0, 0.05) is 23.5 Å². The number of carbonyl (C=O) groups is 1.